The third-order valence-electron chi connectivity index (χ3n) is 4.62. The van der Waals surface area contributed by atoms with Crippen LogP contribution in [-0.4, -0.2) is 54.2 Å². The van der Waals surface area contributed by atoms with Gasteiger partial charge in [0.2, 0.25) is 12.7 Å². The number of methoxy groups -OCH3 is 1. The average molecular weight is 358 g/mol. The predicted molar refractivity (Wildman–Crippen MR) is 92.8 cm³/mol. The van der Waals surface area contributed by atoms with Gasteiger partial charge < -0.3 is 19.5 Å². The van der Waals surface area contributed by atoms with Gasteiger partial charge >= 0.3 is 0 Å². The molecule has 0 saturated heterocycles. The van der Waals surface area contributed by atoms with E-state index >= 15 is 0 Å². The van der Waals surface area contributed by atoms with Crippen LogP contribution in [0.5, 0.6) is 11.5 Å². The van der Waals surface area contributed by atoms with E-state index < -0.39 is 0 Å². The van der Waals surface area contributed by atoms with Gasteiger partial charge in [-0.05, 0) is 23.8 Å². The first kappa shape index (κ1) is 16.9. The van der Waals surface area contributed by atoms with E-state index in [9.17, 15) is 4.79 Å². The van der Waals surface area contributed by atoms with Gasteiger partial charge in [-0.25, -0.2) is 0 Å². The smallest absolute Gasteiger partial charge is 0.246 e. The van der Waals surface area contributed by atoms with Crippen molar-refractivity contribution in [1.82, 2.24) is 20.0 Å². The van der Waals surface area contributed by atoms with Crippen LogP contribution in [0.3, 0.4) is 0 Å². The van der Waals surface area contributed by atoms with Crippen LogP contribution in [0, 0.1) is 0 Å². The zero-order valence-electron chi connectivity index (χ0n) is 14.7. The van der Waals surface area contributed by atoms with Crippen molar-refractivity contribution in [2.45, 2.75) is 19.1 Å². The van der Waals surface area contributed by atoms with Crippen molar-refractivity contribution in [3.05, 3.63) is 41.7 Å². The maximum atomic E-state index is 12.6. The van der Waals surface area contributed by atoms with Crippen LogP contribution in [0.1, 0.15) is 17.3 Å². The molecule has 138 valence electrons. The maximum absolute atomic E-state index is 12.6. The van der Waals surface area contributed by atoms with Crippen LogP contribution in [-0.2, 0) is 22.6 Å². The Bertz CT molecular complexity index is 791. The highest BCUT2D eigenvalue weighted by Gasteiger charge is 2.30. The first-order valence-electron chi connectivity index (χ1n) is 8.64. The number of hydrogen-bond donors (Lipinski definition) is 1. The zero-order chi connectivity index (χ0) is 17.9. The Morgan fingerprint density at radius 3 is 3.12 bits per heavy atom. The molecule has 0 radical (unpaired) electrons. The Labute approximate surface area is 151 Å². The summed E-state index contributed by atoms with van der Waals surface area (Å²) in [5.74, 6) is 1.52. The zero-order valence-corrected chi connectivity index (χ0v) is 14.7. The largest absolute Gasteiger partial charge is 0.454 e. The third kappa shape index (κ3) is 3.38. The lowest BCUT2D eigenvalue weighted by molar-refractivity contribution is -0.126. The fourth-order valence-corrected chi connectivity index (χ4v) is 3.37. The Morgan fingerprint density at radius 1 is 1.35 bits per heavy atom. The number of ether oxygens (including phenoxy) is 3. The van der Waals surface area contributed by atoms with Crippen molar-refractivity contribution >= 4 is 5.91 Å². The monoisotopic (exact) mass is 358 g/mol. The molecule has 0 saturated carbocycles. The average Bonchev–Trinajstić information content (AvgIpc) is 3.29. The van der Waals surface area contributed by atoms with E-state index in [1.165, 1.54) is 0 Å². The number of rotatable bonds is 6. The summed E-state index contributed by atoms with van der Waals surface area (Å²) in [5.41, 5.74) is 2.16. The fourth-order valence-electron chi connectivity index (χ4n) is 3.37. The highest BCUT2D eigenvalue weighted by Crippen LogP contribution is 2.33. The summed E-state index contributed by atoms with van der Waals surface area (Å²) in [4.78, 5) is 14.8. The lowest BCUT2D eigenvalue weighted by Gasteiger charge is -2.33. The van der Waals surface area contributed by atoms with Gasteiger partial charge in [-0.15, -0.1) is 0 Å². The fraction of sp³-hybridized carbons (Fsp3) is 0.444. The molecular weight excluding hydrogens is 336 g/mol. The molecule has 8 nitrogen and oxygen atoms in total. The molecule has 26 heavy (non-hydrogen) atoms. The standard InChI is InChI=1S/C18H22N4O4/c1-24-7-6-19-18(23)15-11-21(10-14-4-5-20-22(14)15)9-13-2-3-16-17(8-13)26-12-25-16/h2-5,8,15H,6-7,9-12H2,1H3,(H,19,23). The quantitative estimate of drug-likeness (QED) is 0.774. The molecule has 1 aromatic carbocycles. The van der Waals surface area contributed by atoms with Crippen LogP contribution in [0.25, 0.3) is 0 Å². The molecule has 1 amide bonds. The van der Waals surface area contributed by atoms with Gasteiger partial charge in [0.25, 0.3) is 0 Å². The Morgan fingerprint density at radius 2 is 2.23 bits per heavy atom. The number of carbonyl (C=O) groups is 1. The van der Waals surface area contributed by atoms with Gasteiger partial charge in [0, 0.05) is 39.5 Å². The molecule has 2 aliphatic heterocycles. The molecule has 0 spiro atoms. The second kappa shape index (κ2) is 7.35. The summed E-state index contributed by atoms with van der Waals surface area (Å²) in [6, 6.07) is 7.58. The molecule has 2 aromatic rings. The summed E-state index contributed by atoms with van der Waals surface area (Å²) in [6.45, 7) is 3.32. The van der Waals surface area contributed by atoms with Crippen molar-refractivity contribution in [3.63, 3.8) is 0 Å². The molecule has 2 aliphatic rings. The summed E-state index contributed by atoms with van der Waals surface area (Å²) in [6.07, 6.45) is 1.74. The van der Waals surface area contributed by atoms with Gasteiger partial charge in [-0.1, -0.05) is 6.07 Å². The van der Waals surface area contributed by atoms with Crippen LogP contribution in [0.15, 0.2) is 30.5 Å². The van der Waals surface area contributed by atoms with Gasteiger partial charge in [-0.2, -0.15) is 5.10 Å². The Kier molecular flexibility index (Phi) is 4.77. The number of nitrogens with one attached hydrogen (secondary N) is 1. The van der Waals surface area contributed by atoms with E-state index in [-0.39, 0.29) is 18.7 Å². The SMILES string of the molecule is COCCNC(=O)C1CN(Cc2ccc3c(c2)OCO3)Cc2ccnn21. The highest BCUT2D eigenvalue weighted by molar-refractivity contribution is 5.80. The molecule has 0 fully saturated rings. The van der Waals surface area contributed by atoms with Crippen LogP contribution >= 0.6 is 0 Å². The van der Waals surface area contributed by atoms with Gasteiger partial charge in [0.15, 0.2) is 11.5 Å². The molecule has 3 heterocycles. The maximum Gasteiger partial charge on any atom is 0.246 e. The van der Waals surface area contributed by atoms with E-state index in [0.29, 0.717) is 19.7 Å². The topological polar surface area (TPSA) is 77.8 Å². The third-order valence-corrected chi connectivity index (χ3v) is 4.62. The minimum Gasteiger partial charge on any atom is -0.454 e. The van der Waals surface area contributed by atoms with E-state index in [4.69, 9.17) is 14.2 Å². The molecule has 1 unspecified atom stereocenters. The first-order valence-corrected chi connectivity index (χ1v) is 8.64. The molecule has 8 heteroatoms. The molecule has 1 aromatic heterocycles. The van der Waals surface area contributed by atoms with Crippen molar-refractivity contribution < 1.29 is 19.0 Å². The summed E-state index contributed by atoms with van der Waals surface area (Å²) >= 11 is 0. The lowest BCUT2D eigenvalue weighted by atomic mass is 10.1. The number of carbonyl (C=O) groups excluding carboxylic acids is 1. The normalized spacial score (nSPS) is 18.6. The van der Waals surface area contributed by atoms with Crippen LogP contribution < -0.4 is 14.8 Å². The van der Waals surface area contributed by atoms with Crippen LogP contribution in [0.2, 0.25) is 0 Å². The highest BCUT2D eigenvalue weighted by atomic mass is 16.7. The molecular formula is C18H22N4O4. The summed E-state index contributed by atoms with van der Waals surface area (Å²) < 4.78 is 17.6. The number of hydrogen-bond acceptors (Lipinski definition) is 6. The number of nitrogens with zero attached hydrogens (tertiary/aromatic N) is 3. The second-order valence-electron chi connectivity index (χ2n) is 6.42. The second-order valence-corrected chi connectivity index (χ2v) is 6.42. The van der Waals surface area contributed by atoms with E-state index in [1.807, 2.05) is 28.9 Å². The minimum absolute atomic E-state index is 0.0395. The first-order chi connectivity index (χ1) is 12.7. The van der Waals surface area contributed by atoms with E-state index in [0.717, 1.165) is 35.8 Å². The molecule has 0 bridgehead atoms. The summed E-state index contributed by atoms with van der Waals surface area (Å²) in [7, 11) is 1.62. The van der Waals surface area contributed by atoms with Crippen molar-refractivity contribution in [2.75, 3.05) is 33.6 Å². The molecule has 0 aliphatic carbocycles. The molecule has 1 N–H and O–H groups in total. The summed E-state index contributed by atoms with van der Waals surface area (Å²) in [5, 5.41) is 7.25. The Balaban J connectivity index is 1.47. The van der Waals surface area contributed by atoms with Gasteiger partial charge in [-0.3, -0.25) is 14.4 Å². The predicted octanol–water partition coefficient (Wildman–Crippen LogP) is 0.931. The van der Waals surface area contributed by atoms with E-state index in [1.54, 1.807) is 13.3 Å². The number of benzene rings is 1. The van der Waals surface area contributed by atoms with Crippen molar-refractivity contribution in [1.29, 1.82) is 0 Å². The van der Waals surface area contributed by atoms with Gasteiger partial charge in [0.1, 0.15) is 6.04 Å². The molecule has 4 rings (SSSR count). The van der Waals surface area contributed by atoms with Crippen molar-refractivity contribution in [3.8, 4) is 11.5 Å². The number of aromatic nitrogens is 2. The van der Waals surface area contributed by atoms with Crippen molar-refractivity contribution in [2.24, 2.45) is 0 Å². The lowest BCUT2D eigenvalue weighted by Crippen LogP contribution is -2.45. The molecule has 1 atom stereocenters. The Hall–Kier alpha value is -2.58. The van der Waals surface area contributed by atoms with Gasteiger partial charge in [0.05, 0.1) is 12.3 Å². The number of fused-ring (bicyclic) bond motifs is 2. The number of amides is 1. The van der Waals surface area contributed by atoms with Crippen LogP contribution in [0.4, 0.5) is 0 Å². The minimum atomic E-state index is -0.348. The van der Waals surface area contributed by atoms with E-state index in [2.05, 4.69) is 15.3 Å².